The number of carbonyl (C=O) groups is 1. The van der Waals surface area contributed by atoms with E-state index < -0.39 is 0 Å². The first-order valence-electron chi connectivity index (χ1n) is 8.44. The molecule has 0 aliphatic carbocycles. The molecule has 2 aromatic rings. The van der Waals surface area contributed by atoms with Gasteiger partial charge in [0.25, 0.3) is 5.91 Å². The SMILES string of the molecule is O=C(NCCNc1cnccn1)c1ccc(OC[C@H]2CCCO2)cc1. The van der Waals surface area contributed by atoms with Gasteiger partial charge in [-0.2, -0.15) is 0 Å². The lowest BCUT2D eigenvalue weighted by atomic mass is 10.2. The Bertz CT molecular complexity index is 658. The molecule has 7 nitrogen and oxygen atoms in total. The number of rotatable bonds is 8. The van der Waals surface area contributed by atoms with Crippen molar-refractivity contribution in [2.24, 2.45) is 0 Å². The molecular weight excluding hydrogens is 320 g/mol. The molecule has 0 unspecified atom stereocenters. The zero-order valence-corrected chi connectivity index (χ0v) is 14.0. The van der Waals surface area contributed by atoms with Gasteiger partial charge in [-0.15, -0.1) is 0 Å². The molecule has 0 saturated carbocycles. The molecule has 1 aliphatic rings. The molecule has 0 spiro atoms. The van der Waals surface area contributed by atoms with Gasteiger partial charge in [-0.05, 0) is 37.1 Å². The van der Waals surface area contributed by atoms with Crippen LogP contribution in [-0.2, 0) is 4.74 Å². The molecule has 1 aliphatic heterocycles. The first kappa shape index (κ1) is 17.2. The summed E-state index contributed by atoms with van der Waals surface area (Å²) in [4.78, 5) is 20.2. The van der Waals surface area contributed by atoms with Crippen molar-refractivity contribution >= 4 is 11.7 Å². The Kier molecular flexibility index (Phi) is 6.17. The Morgan fingerprint density at radius 2 is 2.12 bits per heavy atom. The largest absolute Gasteiger partial charge is 0.491 e. The van der Waals surface area contributed by atoms with E-state index in [1.807, 2.05) is 12.1 Å². The number of hydrogen-bond acceptors (Lipinski definition) is 6. The van der Waals surface area contributed by atoms with Crippen LogP contribution in [-0.4, -0.2) is 48.3 Å². The number of nitrogens with one attached hydrogen (secondary N) is 2. The molecule has 132 valence electrons. The fraction of sp³-hybridized carbons (Fsp3) is 0.389. The van der Waals surface area contributed by atoms with Crippen LogP contribution in [0.1, 0.15) is 23.2 Å². The number of benzene rings is 1. The lowest BCUT2D eigenvalue weighted by molar-refractivity contribution is 0.0679. The van der Waals surface area contributed by atoms with Crippen LogP contribution in [0.3, 0.4) is 0 Å². The molecule has 3 rings (SSSR count). The van der Waals surface area contributed by atoms with Crippen molar-refractivity contribution in [3.63, 3.8) is 0 Å². The van der Waals surface area contributed by atoms with E-state index in [1.54, 1.807) is 30.7 Å². The third kappa shape index (κ3) is 5.42. The summed E-state index contributed by atoms with van der Waals surface area (Å²) in [5, 5.41) is 5.94. The van der Waals surface area contributed by atoms with E-state index in [4.69, 9.17) is 9.47 Å². The van der Waals surface area contributed by atoms with Crippen molar-refractivity contribution in [3.8, 4) is 5.75 Å². The minimum Gasteiger partial charge on any atom is -0.491 e. The van der Waals surface area contributed by atoms with Crippen LogP contribution in [0.2, 0.25) is 0 Å². The second-order valence-electron chi connectivity index (χ2n) is 5.74. The molecule has 1 aromatic carbocycles. The van der Waals surface area contributed by atoms with Gasteiger partial charge < -0.3 is 20.1 Å². The summed E-state index contributed by atoms with van der Waals surface area (Å²) in [5.74, 6) is 1.31. The minimum absolute atomic E-state index is 0.119. The topological polar surface area (TPSA) is 85.4 Å². The average Bonchev–Trinajstić information content (AvgIpc) is 3.18. The van der Waals surface area contributed by atoms with E-state index in [0.717, 1.165) is 25.2 Å². The van der Waals surface area contributed by atoms with E-state index >= 15 is 0 Å². The first-order chi connectivity index (χ1) is 12.3. The molecule has 1 aromatic heterocycles. The van der Waals surface area contributed by atoms with Gasteiger partial charge in [0.05, 0.1) is 12.3 Å². The summed E-state index contributed by atoms with van der Waals surface area (Å²) in [6.45, 7) is 2.44. The predicted octanol–water partition coefficient (Wildman–Crippen LogP) is 1.88. The highest BCUT2D eigenvalue weighted by molar-refractivity contribution is 5.94. The molecular formula is C18H22N4O3. The smallest absolute Gasteiger partial charge is 0.251 e. The molecule has 2 N–H and O–H groups in total. The zero-order chi connectivity index (χ0) is 17.3. The highest BCUT2D eigenvalue weighted by atomic mass is 16.5. The maximum absolute atomic E-state index is 12.1. The fourth-order valence-electron chi connectivity index (χ4n) is 2.53. The second kappa shape index (κ2) is 8.98. The summed E-state index contributed by atoms with van der Waals surface area (Å²) in [5.41, 5.74) is 0.601. The van der Waals surface area contributed by atoms with E-state index in [0.29, 0.717) is 31.1 Å². The van der Waals surface area contributed by atoms with Crippen molar-refractivity contribution in [1.29, 1.82) is 0 Å². The quantitative estimate of drug-likeness (QED) is 0.713. The standard InChI is InChI=1S/C18H22N4O3/c23-18(22-10-9-21-17-12-19-7-8-20-17)14-3-5-15(6-4-14)25-13-16-2-1-11-24-16/h3-8,12,16H,1-2,9-11,13H2,(H,20,21)(H,22,23)/t16-/m1/s1. The lowest BCUT2D eigenvalue weighted by Crippen LogP contribution is -2.28. The van der Waals surface area contributed by atoms with E-state index in [9.17, 15) is 4.79 Å². The number of ether oxygens (including phenoxy) is 2. The van der Waals surface area contributed by atoms with Crippen LogP contribution >= 0.6 is 0 Å². The van der Waals surface area contributed by atoms with Gasteiger partial charge in [0, 0.05) is 37.7 Å². The summed E-state index contributed by atoms with van der Waals surface area (Å²) in [6.07, 6.45) is 7.19. The van der Waals surface area contributed by atoms with Gasteiger partial charge in [0.2, 0.25) is 0 Å². The van der Waals surface area contributed by atoms with Crippen LogP contribution in [0, 0.1) is 0 Å². The molecule has 1 saturated heterocycles. The normalized spacial score (nSPS) is 16.4. The van der Waals surface area contributed by atoms with Crippen molar-refractivity contribution in [2.45, 2.75) is 18.9 Å². The zero-order valence-electron chi connectivity index (χ0n) is 14.0. The van der Waals surface area contributed by atoms with Crippen molar-refractivity contribution < 1.29 is 14.3 Å². The lowest BCUT2D eigenvalue weighted by Gasteiger charge is -2.12. The molecule has 1 atom stereocenters. The number of carbonyl (C=O) groups excluding carboxylic acids is 1. The molecule has 0 radical (unpaired) electrons. The van der Waals surface area contributed by atoms with Gasteiger partial charge in [-0.3, -0.25) is 9.78 Å². The molecule has 0 bridgehead atoms. The number of aromatic nitrogens is 2. The van der Waals surface area contributed by atoms with Crippen molar-refractivity contribution in [3.05, 3.63) is 48.4 Å². The van der Waals surface area contributed by atoms with Gasteiger partial charge >= 0.3 is 0 Å². The number of anilines is 1. The molecule has 1 fully saturated rings. The van der Waals surface area contributed by atoms with E-state index in [-0.39, 0.29) is 12.0 Å². The molecule has 1 amide bonds. The van der Waals surface area contributed by atoms with Gasteiger partial charge in [0.15, 0.2) is 0 Å². The Morgan fingerprint density at radius 1 is 1.24 bits per heavy atom. The molecule has 25 heavy (non-hydrogen) atoms. The Balaban J connectivity index is 1.38. The van der Waals surface area contributed by atoms with Crippen LogP contribution in [0.5, 0.6) is 5.75 Å². The monoisotopic (exact) mass is 342 g/mol. The van der Waals surface area contributed by atoms with E-state index in [1.165, 1.54) is 0 Å². The number of nitrogens with zero attached hydrogens (tertiary/aromatic N) is 2. The highest BCUT2D eigenvalue weighted by Crippen LogP contribution is 2.16. The maximum Gasteiger partial charge on any atom is 0.251 e. The second-order valence-corrected chi connectivity index (χ2v) is 5.74. The Morgan fingerprint density at radius 3 is 2.84 bits per heavy atom. The third-order valence-corrected chi connectivity index (χ3v) is 3.86. The molecule has 7 heteroatoms. The van der Waals surface area contributed by atoms with Crippen LogP contribution in [0.4, 0.5) is 5.82 Å². The summed E-state index contributed by atoms with van der Waals surface area (Å²) in [7, 11) is 0. The van der Waals surface area contributed by atoms with Gasteiger partial charge in [0.1, 0.15) is 18.2 Å². The maximum atomic E-state index is 12.1. The predicted molar refractivity (Wildman–Crippen MR) is 93.8 cm³/mol. The Hall–Kier alpha value is -2.67. The average molecular weight is 342 g/mol. The summed E-state index contributed by atoms with van der Waals surface area (Å²) >= 11 is 0. The van der Waals surface area contributed by atoms with Crippen LogP contribution < -0.4 is 15.4 Å². The summed E-state index contributed by atoms with van der Waals surface area (Å²) in [6, 6.07) is 7.13. The fourth-order valence-corrected chi connectivity index (χ4v) is 2.53. The first-order valence-corrected chi connectivity index (χ1v) is 8.44. The highest BCUT2D eigenvalue weighted by Gasteiger charge is 2.16. The number of amides is 1. The minimum atomic E-state index is -0.119. The Labute approximate surface area is 146 Å². The third-order valence-electron chi connectivity index (χ3n) is 3.86. The van der Waals surface area contributed by atoms with Crippen LogP contribution in [0.25, 0.3) is 0 Å². The van der Waals surface area contributed by atoms with Crippen molar-refractivity contribution in [1.82, 2.24) is 15.3 Å². The van der Waals surface area contributed by atoms with E-state index in [2.05, 4.69) is 20.6 Å². The van der Waals surface area contributed by atoms with Crippen LogP contribution in [0.15, 0.2) is 42.9 Å². The summed E-state index contributed by atoms with van der Waals surface area (Å²) < 4.78 is 11.2. The number of hydrogen-bond donors (Lipinski definition) is 2. The van der Waals surface area contributed by atoms with Gasteiger partial charge in [-0.1, -0.05) is 0 Å². The van der Waals surface area contributed by atoms with Gasteiger partial charge in [-0.25, -0.2) is 4.98 Å². The van der Waals surface area contributed by atoms with Crippen molar-refractivity contribution in [2.75, 3.05) is 31.6 Å². The molecule has 2 heterocycles.